The summed E-state index contributed by atoms with van der Waals surface area (Å²) in [6, 6.07) is 0. The molecule has 5 aromatic rings. The van der Waals surface area contributed by atoms with Crippen molar-refractivity contribution < 1.29 is 56.3 Å². The maximum Gasteiger partial charge on any atom is 0.472 e. The summed E-state index contributed by atoms with van der Waals surface area (Å²) in [5, 5.41) is 11.4. The average Bonchev–Trinajstić information content (AvgIpc) is 3.87. The number of aliphatic hydroxyl groups excluding tert-OH is 1. The van der Waals surface area contributed by atoms with Crippen LogP contribution in [-0.4, -0.2) is 115 Å². The standard InChI is InChI=1S/C25H29N9O13P2/c1-3-41-18-13-7-43-48(37,38)46-17-12(44-24(16(17)35)33-9-27-14-20-26-4-5-32(20)8-29-21(14)33)6-42-49(39,40)47-19(18)25(45-13)34-10-28-15-22(34)30-11(2)31-23(15)36/h4-5,8-10,12-13,16-19,24-25,35H,3,6-7H2,1-2H3,(H,37,38)(H,39,40)(H,30,31,36)/t12-,13-,16?,17+,18?,19+,24-,25-/m1/s1. The second-order valence-corrected chi connectivity index (χ2v) is 14.2. The molecule has 3 aliphatic rings. The van der Waals surface area contributed by atoms with Crippen molar-refractivity contribution in [2.75, 3.05) is 19.8 Å². The van der Waals surface area contributed by atoms with E-state index in [-0.39, 0.29) is 29.2 Å². The van der Waals surface area contributed by atoms with Crippen LogP contribution in [0.2, 0.25) is 0 Å². The van der Waals surface area contributed by atoms with Crippen molar-refractivity contribution in [3.8, 4) is 0 Å². The molecule has 4 unspecified atom stereocenters. The van der Waals surface area contributed by atoms with E-state index in [1.165, 1.54) is 28.1 Å². The smallest absolute Gasteiger partial charge is 0.386 e. The molecule has 0 aromatic carbocycles. The highest BCUT2D eigenvalue weighted by Gasteiger charge is 2.54. The maximum atomic E-state index is 13.5. The molecule has 262 valence electrons. The summed E-state index contributed by atoms with van der Waals surface area (Å²) in [5.74, 6) is 0.258. The molecule has 0 aliphatic carbocycles. The number of phosphoric ester groups is 2. The number of aromatic amines is 1. The van der Waals surface area contributed by atoms with E-state index in [2.05, 4.69) is 29.9 Å². The van der Waals surface area contributed by atoms with Gasteiger partial charge in [-0.05, 0) is 13.8 Å². The fourth-order valence-electron chi connectivity index (χ4n) is 6.24. The number of nitrogens with one attached hydrogen (secondary N) is 1. The molecule has 0 radical (unpaired) electrons. The molecule has 3 fully saturated rings. The first-order chi connectivity index (χ1) is 23.4. The molecular weight excluding hydrogens is 696 g/mol. The Hall–Kier alpha value is -3.50. The molecule has 3 aliphatic heterocycles. The number of nitrogens with zero attached hydrogens (tertiary/aromatic N) is 8. The number of fused-ring (bicyclic) bond motifs is 7. The van der Waals surface area contributed by atoms with Crippen LogP contribution in [-0.2, 0) is 41.4 Å². The second kappa shape index (κ2) is 12.1. The zero-order chi connectivity index (χ0) is 34.2. The molecule has 49 heavy (non-hydrogen) atoms. The average molecular weight is 726 g/mol. The molecule has 0 amide bonds. The number of rotatable bonds is 4. The third-order valence-corrected chi connectivity index (χ3v) is 10.3. The number of ether oxygens (including phenoxy) is 3. The maximum absolute atomic E-state index is 13.5. The Kier molecular flexibility index (Phi) is 8.06. The van der Waals surface area contributed by atoms with Crippen molar-refractivity contribution in [1.29, 1.82) is 0 Å². The monoisotopic (exact) mass is 725 g/mol. The van der Waals surface area contributed by atoms with Crippen molar-refractivity contribution in [2.45, 2.75) is 62.9 Å². The summed E-state index contributed by atoms with van der Waals surface area (Å²) in [6.45, 7) is 1.87. The van der Waals surface area contributed by atoms with E-state index in [9.17, 15) is 28.8 Å². The minimum Gasteiger partial charge on any atom is -0.386 e. The van der Waals surface area contributed by atoms with E-state index in [0.717, 1.165) is 0 Å². The Balaban J connectivity index is 1.13. The summed E-state index contributed by atoms with van der Waals surface area (Å²) in [6.07, 6.45) is -3.81. The lowest BCUT2D eigenvalue weighted by Crippen LogP contribution is -2.38. The van der Waals surface area contributed by atoms with Gasteiger partial charge >= 0.3 is 15.6 Å². The molecule has 10 atom stereocenters. The molecule has 0 saturated carbocycles. The highest BCUT2D eigenvalue weighted by Crippen LogP contribution is 2.54. The SMILES string of the molecule is CCOC1[C@H]2COP(=O)(O)O[C@@H]3C(O)[C@H](n4cnc5c4ncn4ccnc54)O[C@@H]3COP(=O)(O)O[C@@H]1[C@H](n1cnc3c(=O)[nH]c(C)nc31)O2. The Morgan fingerprint density at radius 3 is 2.33 bits per heavy atom. The molecule has 5 aromatic heterocycles. The highest BCUT2D eigenvalue weighted by atomic mass is 31.2. The van der Waals surface area contributed by atoms with Crippen LogP contribution < -0.4 is 5.56 Å². The zero-order valence-corrected chi connectivity index (χ0v) is 27.3. The van der Waals surface area contributed by atoms with Crippen LogP contribution in [0.15, 0.2) is 36.2 Å². The Labute approximate surface area is 273 Å². The third-order valence-electron chi connectivity index (χ3n) is 8.32. The molecule has 22 nitrogen and oxygen atoms in total. The van der Waals surface area contributed by atoms with Gasteiger partial charge in [-0.15, -0.1) is 0 Å². The Morgan fingerprint density at radius 2 is 1.57 bits per heavy atom. The van der Waals surface area contributed by atoms with E-state index in [0.29, 0.717) is 11.2 Å². The van der Waals surface area contributed by atoms with Gasteiger partial charge < -0.3 is 34.1 Å². The largest absolute Gasteiger partial charge is 0.472 e. The fourth-order valence-corrected chi connectivity index (χ4v) is 8.14. The van der Waals surface area contributed by atoms with Crippen LogP contribution in [0.4, 0.5) is 0 Å². The van der Waals surface area contributed by atoms with Gasteiger partial charge in [-0.2, -0.15) is 0 Å². The highest BCUT2D eigenvalue weighted by molar-refractivity contribution is 7.47. The van der Waals surface area contributed by atoms with Gasteiger partial charge in [0.05, 0.1) is 25.9 Å². The van der Waals surface area contributed by atoms with E-state index >= 15 is 0 Å². The second-order valence-electron chi connectivity index (χ2n) is 11.4. The summed E-state index contributed by atoms with van der Waals surface area (Å²) in [4.78, 5) is 58.3. The van der Waals surface area contributed by atoms with Crippen molar-refractivity contribution in [3.63, 3.8) is 0 Å². The molecule has 3 saturated heterocycles. The van der Waals surface area contributed by atoms with Crippen LogP contribution in [0.25, 0.3) is 28.0 Å². The van der Waals surface area contributed by atoms with Crippen LogP contribution in [0.5, 0.6) is 0 Å². The third kappa shape index (κ3) is 5.72. The summed E-state index contributed by atoms with van der Waals surface area (Å²) in [5.41, 5.74) is 0.612. The topological polar surface area (TPSA) is 271 Å². The predicted octanol–water partition coefficient (Wildman–Crippen LogP) is 0.0994. The lowest BCUT2D eigenvalue weighted by Gasteiger charge is -2.26. The number of hydrogen-bond donors (Lipinski definition) is 4. The van der Waals surface area contributed by atoms with Crippen LogP contribution in [0.1, 0.15) is 25.2 Å². The number of H-pyrrole nitrogens is 1. The number of aromatic nitrogens is 9. The minimum atomic E-state index is -5.03. The molecule has 24 heteroatoms. The van der Waals surface area contributed by atoms with E-state index in [1.807, 2.05) is 0 Å². The van der Waals surface area contributed by atoms with E-state index in [1.54, 1.807) is 30.6 Å². The lowest BCUT2D eigenvalue weighted by atomic mass is 10.1. The zero-order valence-electron chi connectivity index (χ0n) is 25.5. The number of hydrogen-bond acceptors (Lipinski definition) is 16. The fraction of sp³-hybridized carbons (Fsp3) is 0.520. The van der Waals surface area contributed by atoms with E-state index in [4.69, 9.17) is 32.3 Å². The molecule has 2 bridgehead atoms. The molecule has 8 heterocycles. The van der Waals surface area contributed by atoms with Crippen molar-refractivity contribution in [3.05, 3.63) is 47.6 Å². The number of aryl methyl sites for hydroxylation is 1. The summed E-state index contributed by atoms with van der Waals surface area (Å²) < 4.78 is 70.9. The van der Waals surface area contributed by atoms with Gasteiger partial charge in [0.15, 0.2) is 40.4 Å². The molecule has 8 rings (SSSR count). The van der Waals surface area contributed by atoms with Gasteiger partial charge in [0, 0.05) is 19.0 Å². The number of phosphoric acid groups is 2. The number of imidazole rings is 3. The molecule has 0 spiro atoms. The van der Waals surface area contributed by atoms with Gasteiger partial charge in [-0.1, -0.05) is 0 Å². The van der Waals surface area contributed by atoms with Gasteiger partial charge in [-0.25, -0.2) is 34.0 Å². The van der Waals surface area contributed by atoms with Crippen molar-refractivity contribution in [1.82, 2.24) is 43.4 Å². The minimum absolute atomic E-state index is 0.0423. The van der Waals surface area contributed by atoms with Crippen molar-refractivity contribution >= 4 is 43.6 Å². The van der Waals surface area contributed by atoms with Crippen molar-refractivity contribution in [2.24, 2.45) is 0 Å². The van der Waals surface area contributed by atoms with Crippen LogP contribution in [0, 0.1) is 6.92 Å². The lowest BCUT2D eigenvalue weighted by molar-refractivity contribution is -0.0677. The Bertz CT molecular complexity index is 2200. The predicted molar refractivity (Wildman–Crippen MR) is 160 cm³/mol. The number of aliphatic hydroxyl groups is 1. The Morgan fingerprint density at radius 1 is 0.898 bits per heavy atom. The van der Waals surface area contributed by atoms with Crippen LogP contribution >= 0.6 is 15.6 Å². The normalized spacial score (nSPS) is 35.8. The van der Waals surface area contributed by atoms with Gasteiger partial charge in [0.1, 0.15) is 48.8 Å². The van der Waals surface area contributed by atoms with Gasteiger partial charge in [0.2, 0.25) is 0 Å². The first kappa shape index (κ1) is 32.7. The van der Waals surface area contributed by atoms with E-state index < -0.39 is 83.5 Å². The summed E-state index contributed by atoms with van der Waals surface area (Å²) in [7, 11) is -10.0. The van der Waals surface area contributed by atoms with Gasteiger partial charge in [0.25, 0.3) is 5.56 Å². The van der Waals surface area contributed by atoms with Gasteiger partial charge in [-0.3, -0.25) is 36.4 Å². The molecular formula is C25H29N9O13P2. The molecule has 4 N–H and O–H groups in total. The quantitative estimate of drug-likeness (QED) is 0.179. The van der Waals surface area contributed by atoms with Crippen LogP contribution in [0.3, 0.4) is 0 Å². The first-order valence-electron chi connectivity index (χ1n) is 14.9. The summed E-state index contributed by atoms with van der Waals surface area (Å²) >= 11 is 0. The first-order valence-corrected chi connectivity index (χ1v) is 17.9.